The van der Waals surface area contributed by atoms with Crippen LogP contribution in [0.15, 0.2) is 0 Å². The van der Waals surface area contributed by atoms with Gasteiger partial charge in [-0.15, -0.1) is 0 Å². The van der Waals surface area contributed by atoms with E-state index in [-0.39, 0.29) is 12.1 Å². The predicted molar refractivity (Wildman–Crippen MR) is 49.6 cm³/mol. The lowest BCUT2D eigenvalue weighted by Crippen LogP contribution is -2.40. The van der Waals surface area contributed by atoms with E-state index in [4.69, 9.17) is 4.74 Å². The Kier molecular flexibility index (Phi) is 2.39. The van der Waals surface area contributed by atoms with E-state index in [9.17, 15) is 4.79 Å². The molecule has 0 N–H and O–H groups in total. The molecular formula is C10H17NO2. The fraction of sp³-hybridized carbons (Fsp3) is 0.900. The molecule has 0 aromatic heterocycles. The average molecular weight is 183 g/mol. The number of likely N-dealkylation sites (N-methyl/N-ethyl adjacent to an activating group) is 1. The standard InChI is InChI=1S/C10H17NO2/c1-3-8(12)9-10-7(4-5-13-10)6-11(9)2/h7,9-10H,3-6H2,1-2H3. The third kappa shape index (κ3) is 1.40. The zero-order valence-corrected chi connectivity index (χ0v) is 8.32. The van der Waals surface area contributed by atoms with Gasteiger partial charge in [0.25, 0.3) is 0 Å². The number of hydrogen-bond donors (Lipinski definition) is 0. The maximum Gasteiger partial charge on any atom is 0.152 e. The second kappa shape index (κ2) is 3.39. The number of nitrogens with zero attached hydrogens (tertiary/aromatic N) is 1. The number of Topliss-reactive ketones (excluding diaryl/α,β-unsaturated/α-hetero) is 1. The number of carbonyl (C=O) groups is 1. The Bertz CT molecular complexity index is 217. The van der Waals surface area contributed by atoms with Crippen LogP contribution in [0.3, 0.4) is 0 Å². The molecule has 3 atom stereocenters. The van der Waals surface area contributed by atoms with Crippen LogP contribution in [0.4, 0.5) is 0 Å². The highest BCUT2D eigenvalue weighted by Crippen LogP contribution is 2.33. The topological polar surface area (TPSA) is 29.5 Å². The molecule has 0 aliphatic carbocycles. The van der Waals surface area contributed by atoms with E-state index in [1.807, 2.05) is 14.0 Å². The minimum atomic E-state index is 0.0394. The molecular weight excluding hydrogens is 166 g/mol. The summed E-state index contributed by atoms with van der Waals surface area (Å²) in [6, 6.07) is 0.0394. The van der Waals surface area contributed by atoms with Gasteiger partial charge in [0.05, 0.1) is 12.1 Å². The second-order valence-electron chi connectivity index (χ2n) is 4.09. The van der Waals surface area contributed by atoms with E-state index in [0.29, 0.717) is 18.1 Å². The summed E-state index contributed by atoms with van der Waals surface area (Å²) in [7, 11) is 2.03. The lowest BCUT2D eigenvalue weighted by atomic mass is 9.98. The minimum absolute atomic E-state index is 0.0394. The van der Waals surface area contributed by atoms with Gasteiger partial charge in [-0.05, 0) is 13.5 Å². The lowest BCUT2D eigenvalue weighted by molar-refractivity contribution is -0.125. The van der Waals surface area contributed by atoms with Gasteiger partial charge in [0.1, 0.15) is 0 Å². The first-order valence-corrected chi connectivity index (χ1v) is 5.08. The van der Waals surface area contributed by atoms with Crippen LogP contribution >= 0.6 is 0 Å². The first-order chi connectivity index (χ1) is 6.24. The summed E-state index contributed by atoms with van der Waals surface area (Å²) >= 11 is 0. The largest absolute Gasteiger partial charge is 0.376 e. The summed E-state index contributed by atoms with van der Waals surface area (Å²) in [6.45, 7) is 3.80. The summed E-state index contributed by atoms with van der Waals surface area (Å²) in [5, 5.41) is 0. The second-order valence-corrected chi connectivity index (χ2v) is 4.09. The summed E-state index contributed by atoms with van der Waals surface area (Å²) < 4.78 is 5.62. The lowest BCUT2D eigenvalue weighted by Gasteiger charge is -2.21. The van der Waals surface area contributed by atoms with Crippen molar-refractivity contribution in [1.82, 2.24) is 4.90 Å². The van der Waals surface area contributed by atoms with Crippen molar-refractivity contribution in [1.29, 1.82) is 0 Å². The molecule has 0 saturated carbocycles. The molecule has 0 aromatic rings. The maximum atomic E-state index is 11.6. The Labute approximate surface area is 79.0 Å². The number of fused-ring (bicyclic) bond motifs is 1. The van der Waals surface area contributed by atoms with E-state index < -0.39 is 0 Å². The van der Waals surface area contributed by atoms with Crippen molar-refractivity contribution >= 4 is 5.78 Å². The highest BCUT2D eigenvalue weighted by molar-refractivity contribution is 5.84. The van der Waals surface area contributed by atoms with Gasteiger partial charge in [0.15, 0.2) is 5.78 Å². The molecule has 2 aliphatic rings. The van der Waals surface area contributed by atoms with Crippen LogP contribution in [0.2, 0.25) is 0 Å². The molecule has 13 heavy (non-hydrogen) atoms. The van der Waals surface area contributed by atoms with Crippen molar-refractivity contribution in [2.75, 3.05) is 20.2 Å². The molecule has 2 heterocycles. The number of ketones is 1. The molecule has 2 fully saturated rings. The SMILES string of the molecule is CCC(=O)C1C2OCCC2CN1C. The van der Waals surface area contributed by atoms with Crippen LogP contribution in [0.1, 0.15) is 19.8 Å². The summed E-state index contributed by atoms with van der Waals surface area (Å²) in [4.78, 5) is 13.8. The maximum absolute atomic E-state index is 11.6. The number of ether oxygens (including phenoxy) is 1. The van der Waals surface area contributed by atoms with Gasteiger partial charge >= 0.3 is 0 Å². The Morgan fingerprint density at radius 2 is 2.38 bits per heavy atom. The molecule has 3 unspecified atom stereocenters. The van der Waals surface area contributed by atoms with Crippen LogP contribution in [0, 0.1) is 5.92 Å². The predicted octanol–water partition coefficient (Wildman–Crippen LogP) is 0.685. The van der Waals surface area contributed by atoms with Crippen LogP contribution in [0.25, 0.3) is 0 Å². The van der Waals surface area contributed by atoms with Crippen molar-refractivity contribution < 1.29 is 9.53 Å². The average Bonchev–Trinajstić information content (AvgIpc) is 2.62. The number of carbonyl (C=O) groups excluding carboxylic acids is 1. The molecule has 0 radical (unpaired) electrons. The molecule has 74 valence electrons. The van der Waals surface area contributed by atoms with Crippen molar-refractivity contribution in [3.63, 3.8) is 0 Å². The fourth-order valence-electron chi connectivity index (χ4n) is 2.57. The monoisotopic (exact) mass is 183 g/mol. The van der Waals surface area contributed by atoms with Gasteiger partial charge < -0.3 is 4.74 Å². The van der Waals surface area contributed by atoms with Crippen molar-refractivity contribution in [3.8, 4) is 0 Å². The van der Waals surface area contributed by atoms with E-state index in [1.54, 1.807) is 0 Å². The van der Waals surface area contributed by atoms with Gasteiger partial charge in [0.2, 0.25) is 0 Å². The smallest absolute Gasteiger partial charge is 0.152 e. The number of rotatable bonds is 2. The van der Waals surface area contributed by atoms with E-state index in [1.165, 1.54) is 0 Å². The van der Waals surface area contributed by atoms with Gasteiger partial charge in [-0.3, -0.25) is 9.69 Å². The number of likely N-dealkylation sites (tertiary alicyclic amines) is 1. The molecule has 3 heteroatoms. The van der Waals surface area contributed by atoms with E-state index in [0.717, 1.165) is 19.6 Å². The quantitative estimate of drug-likeness (QED) is 0.630. The van der Waals surface area contributed by atoms with E-state index >= 15 is 0 Å². The van der Waals surface area contributed by atoms with Crippen LogP contribution < -0.4 is 0 Å². The van der Waals surface area contributed by atoms with Crippen molar-refractivity contribution in [2.45, 2.75) is 31.9 Å². The molecule has 2 saturated heterocycles. The first kappa shape index (κ1) is 9.16. The van der Waals surface area contributed by atoms with Gasteiger partial charge in [-0.25, -0.2) is 0 Å². The van der Waals surface area contributed by atoms with Crippen LogP contribution in [-0.4, -0.2) is 43.0 Å². The molecule has 0 aromatic carbocycles. The van der Waals surface area contributed by atoms with Crippen LogP contribution in [-0.2, 0) is 9.53 Å². The zero-order valence-electron chi connectivity index (χ0n) is 8.32. The highest BCUT2D eigenvalue weighted by Gasteiger charge is 2.46. The Morgan fingerprint density at radius 1 is 1.62 bits per heavy atom. The molecule has 2 aliphatic heterocycles. The normalized spacial score (nSPS) is 39.4. The number of hydrogen-bond acceptors (Lipinski definition) is 3. The van der Waals surface area contributed by atoms with Crippen LogP contribution in [0.5, 0.6) is 0 Å². The summed E-state index contributed by atoms with van der Waals surface area (Å²) in [5.41, 5.74) is 0. The summed E-state index contributed by atoms with van der Waals surface area (Å²) in [5.74, 6) is 0.933. The Morgan fingerprint density at radius 3 is 3.08 bits per heavy atom. The van der Waals surface area contributed by atoms with E-state index in [2.05, 4.69) is 4.90 Å². The van der Waals surface area contributed by atoms with Gasteiger partial charge in [0, 0.05) is 25.5 Å². The highest BCUT2D eigenvalue weighted by atomic mass is 16.5. The molecule has 3 nitrogen and oxygen atoms in total. The minimum Gasteiger partial charge on any atom is -0.376 e. The Hall–Kier alpha value is -0.410. The first-order valence-electron chi connectivity index (χ1n) is 5.08. The van der Waals surface area contributed by atoms with Gasteiger partial charge in [-0.1, -0.05) is 6.92 Å². The molecule has 2 rings (SSSR count). The Balaban J connectivity index is 2.12. The fourth-order valence-corrected chi connectivity index (χ4v) is 2.57. The third-order valence-corrected chi connectivity index (χ3v) is 3.25. The zero-order chi connectivity index (χ0) is 9.42. The molecule has 0 spiro atoms. The van der Waals surface area contributed by atoms with Crippen molar-refractivity contribution in [3.05, 3.63) is 0 Å². The third-order valence-electron chi connectivity index (χ3n) is 3.25. The summed E-state index contributed by atoms with van der Waals surface area (Å²) in [6.07, 6.45) is 1.95. The van der Waals surface area contributed by atoms with Crippen molar-refractivity contribution in [2.24, 2.45) is 5.92 Å². The van der Waals surface area contributed by atoms with Gasteiger partial charge in [-0.2, -0.15) is 0 Å². The molecule has 0 bridgehead atoms. The molecule has 0 amide bonds.